The minimum Gasteiger partial charge on any atom is -0.335 e. The van der Waals surface area contributed by atoms with Crippen molar-refractivity contribution in [1.82, 2.24) is 9.55 Å². The Morgan fingerprint density at radius 3 is 2.89 bits per heavy atom. The van der Waals surface area contributed by atoms with Crippen LogP contribution in [-0.2, 0) is 23.0 Å². The van der Waals surface area contributed by atoms with E-state index in [1.807, 2.05) is 23.9 Å². The molecule has 0 fully saturated rings. The molecule has 0 saturated carbocycles. The van der Waals surface area contributed by atoms with E-state index in [9.17, 15) is 8.42 Å². The third-order valence-electron chi connectivity index (χ3n) is 3.03. The maximum Gasteiger partial charge on any atom is 0.257 e. The van der Waals surface area contributed by atoms with E-state index in [-0.39, 0.29) is 5.03 Å². The van der Waals surface area contributed by atoms with Crippen molar-refractivity contribution >= 4 is 21.8 Å². The predicted molar refractivity (Wildman–Crippen MR) is 73.4 cm³/mol. The van der Waals surface area contributed by atoms with E-state index < -0.39 is 10.0 Å². The summed E-state index contributed by atoms with van der Waals surface area (Å²) in [6, 6.07) is 8.32. The lowest BCUT2D eigenvalue weighted by molar-refractivity contribution is 0.594. The number of hydrogen-bond donors (Lipinski definition) is 1. The van der Waals surface area contributed by atoms with Gasteiger partial charge in [0.2, 0.25) is 0 Å². The van der Waals surface area contributed by atoms with Crippen molar-refractivity contribution in [2.24, 2.45) is 5.14 Å². The molecule has 0 amide bonds. The van der Waals surface area contributed by atoms with Crippen LogP contribution in [0.2, 0.25) is 0 Å². The number of hydrogen-bond acceptors (Lipinski definition) is 4. The molecule has 0 aliphatic carbocycles. The zero-order valence-corrected chi connectivity index (χ0v) is 11.7. The number of nitrogens with zero attached hydrogens (tertiary/aromatic N) is 2. The lowest BCUT2D eigenvalue weighted by atomic mass is 10.1. The zero-order valence-electron chi connectivity index (χ0n) is 10.1. The Labute approximate surface area is 115 Å². The molecular formula is C12H13N3O2S2. The summed E-state index contributed by atoms with van der Waals surface area (Å²) in [6.07, 6.45) is 3.99. The molecule has 19 heavy (non-hydrogen) atoms. The minimum absolute atomic E-state index is 0.0759. The molecule has 2 N–H and O–H groups in total. The highest BCUT2D eigenvalue weighted by atomic mass is 32.2. The van der Waals surface area contributed by atoms with Gasteiger partial charge in [0.25, 0.3) is 10.0 Å². The van der Waals surface area contributed by atoms with Crippen LogP contribution in [0.3, 0.4) is 0 Å². The number of aromatic nitrogens is 2. The second-order valence-corrected chi connectivity index (χ2v) is 7.36. The van der Waals surface area contributed by atoms with Crippen LogP contribution in [0, 0.1) is 0 Å². The standard InChI is InChI=1S/C12H13N3O2S2/c13-19(16,17)12-7-15(8-14-12)6-10-5-9-3-1-2-4-11(9)18-10/h1-4,7-8,10H,5-6H2,(H2,13,16,17). The largest absolute Gasteiger partial charge is 0.335 e. The fourth-order valence-corrected chi connectivity index (χ4v) is 3.98. The van der Waals surface area contributed by atoms with E-state index in [0.29, 0.717) is 5.25 Å². The summed E-state index contributed by atoms with van der Waals surface area (Å²) in [4.78, 5) is 5.12. The van der Waals surface area contributed by atoms with Gasteiger partial charge >= 0.3 is 0 Å². The SMILES string of the molecule is NS(=O)(=O)c1cn(CC2Cc3ccccc3S2)cn1. The van der Waals surface area contributed by atoms with Gasteiger partial charge in [-0.3, -0.25) is 0 Å². The van der Waals surface area contributed by atoms with Crippen LogP contribution in [-0.4, -0.2) is 23.2 Å². The molecule has 0 spiro atoms. The molecule has 100 valence electrons. The van der Waals surface area contributed by atoms with Gasteiger partial charge in [-0.1, -0.05) is 18.2 Å². The molecule has 7 heteroatoms. The molecule has 1 aliphatic rings. The summed E-state index contributed by atoms with van der Waals surface area (Å²) in [7, 11) is -3.71. The second kappa shape index (κ2) is 4.66. The fraction of sp³-hybridized carbons (Fsp3) is 0.250. The van der Waals surface area contributed by atoms with Gasteiger partial charge in [-0.15, -0.1) is 11.8 Å². The van der Waals surface area contributed by atoms with E-state index in [2.05, 4.69) is 17.1 Å². The Kier molecular flexibility index (Phi) is 3.12. The molecule has 3 rings (SSSR count). The molecule has 1 unspecified atom stereocenters. The van der Waals surface area contributed by atoms with Gasteiger partial charge in [0, 0.05) is 22.9 Å². The summed E-state index contributed by atoms with van der Waals surface area (Å²) >= 11 is 1.82. The van der Waals surface area contributed by atoms with E-state index in [1.54, 1.807) is 4.57 Å². The molecule has 2 aromatic rings. The van der Waals surface area contributed by atoms with Crippen LogP contribution >= 0.6 is 11.8 Å². The molecule has 0 radical (unpaired) electrons. The Balaban J connectivity index is 1.73. The van der Waals surface area contributed by atoms with Crippen LogP contribution in [0.5, 0.6) is 0 Å². The van der Waals surface area contributed by atoms with Crippen LogP contribution < -0.4 is 5.14 Å². The lowest BCUT2D eigenvalue weighted by Crippen LogP contribution is -2.13. The Morgan fingerprint density at radius 1 is 1.42 bits per heavy atom. The molecule has 2 heterocycles. The fourth-order valence-electron chi connectivity index (χ4n) is 2.18. The van der Waals surface area contributed by atoms with Crippen LogP contribution in [0.25, 0.3) is 0 Å². The van der Waals surface area contributed by atoms with Crippen molar-refractivity contribution < 1.29 is 8.42 Å². The van der Waals surface area contributed by atoms with E-state index in [0.717, 1.165) is 13.0 Å². The number of sulfonamides is 1. The van der Waals surface area contributed by atoms with E-state index >= 15 is 0 Å². The minimum atomic E-state index is -3.71. The van der Waals surface area contributed by atoms with Crippen molar-refractivity contribution in [3.05, 3.63) is 42.4 Å². The highest BCUT2D eigenvalue weighted by molar-refractivity contribution is 8.00. The molecule has 1 aromatic heterocycles. The number of thioether (sulfide) groups is 1. The smallest absolute Gasteiger partial charge is 0.257 e. The topological polar surface area (TPSA) is 78.0 Å². The van der Waals surface area contributed by atoms with Crippen molar-refractivity contribution in [2.75, 3.05) is 0 Å². The van der Waals surface area contributed by atoms with Crippen molar-refractivity contribution in [3.8, 4) is 0 Å². The first-order chi connectivity index (χ1) is 9.02. The van der Waals surface area contributed by atoms with Gasteiger partial charge in [-0.2, -0.15) is 0 Å². The number of benzene rings is 1. The number of primary sulfonamides is 1. The molecule has 0 bridgehead atoms. The predicted octanol–water partition coefficient (Wildman–Crippen LogP) is 1.25. The maximum absolute atomic E-state index is 11.2. The van der Waals surface area contributed by atoms with E-state index in [4.69, 9.17) is 5.14 Å². The van der Waals surface area contributed by atoms with Crippen molar-refractivity contribution in [2.45, 2.75) is 28.1 Å². The van der Waals surface area contributed by atoms with Crippen LogP contribution in [0.1, 0.15) is 5.56 Å². The Morgan fingerprint density at radius 2 is 2.21 bits per heavy atom. The van der Waals surface area contributed by atoms with Gasteiger partial charge in [-0.05, 0) is 18.1 Å². The molecule has 1 atom stereocenters. The Hall–Kier alpha value is -1.31. The zero-order chi connectivity index (χ0) is 13.5. The number of nitrogens with two attached hydrogens (primary N) is 1. The normalized spacial score (nSPS) is 18.5. The second-order valence-electron chi connectivity index (χ2n) is 4.51. The average Bonchev–Trinajstić information content (AvgIpc) is 2.94. The number of imidazole rings is 1. The summed E-state index contributed by atoms with van der Waals surface area (Å²) in [5, 5.41) is 5.37. The highest BCUT2D eigenvalue weighted by Gasteiger charge is 2.22. The van der Waals surface area contributed by atoms with Crippen molar-refractivity contribution in [1.29, 1.82) is 0 Å². The molecule has 0 saturated heterocycles. The first-order valence-corrected chi connectivity index (χ1v) is 8.24. The maximum atomic E-state index is 11.2. The number of fused-ring (bicyclic) bond motifs is 1. The highest BCUT2D eigenvalue weighted by Crippen LogP contribution is 2.37. The summed E-state index contributed by atoms with van der Waals surface area (Å²) in [5.41, 5.74) is 1.35. The monoisotopic (exact) mass is 295 g/mol. The lowest BCUT2D eigenvalue weighted by Gasteiger charge is -2.08. The van der Waals surface area contributed by atoms with Crippen LogP contribution in [0.4, 0.5) is 0 Å². The molecule has 1 aliphatic heterocycles. The van der Waals surface area contributed by atoms with Gasteiger partial charge in [-0.25, -0.2) is 18.5 Å². The molecular weight excluding hydrogens is 282 g/mol. The number of rotatable bonds is 3. The van der Waals surface area contributed by atoms with Crippen LogP contribution in [0.15, 0.2) is 46.7 Å². The third-order valence-corrected chi connectivity index (χ3v) is 5.12. The Bertz CT molecular complexity index is 684. The van der Waals surface area contributed by atoms with Gasteiger partial charge in [0.1, 0.15) is 0 Å². The molecule has 5 nitrogen and oxygen atoms in total. The van der Waals surface area contributed by atoms with Gasteiger partial charge in [0.05, 0.1) is 6.33 Å². The average molecular weight is 295 g/mol. The quantitative estimate of drug-likeness (QED) is 0.924. The summed E-state index contributed by atoms with van der Waals surface area (Å²) in [6.45, 7) is 0.724. The van der Waals surface area contributed by atoms with E-state index in [1.165, 1.54) is 23.0 Å². The summed E-state index contributed by atoms with van der Waals surface area (Å²) < 4.78 is 24.1. The third kappa shape index (κ3) is 2.68. The molecule has 1 aromatic carbocycles. The van der Waals surface area contributed by atoms with Crippen molar-refractivity contribution in [3.63, 3.8) is 0 Å². The summed E-state index contributed by atoms with van der Waals surface area (Å²) in [5.74, 6) is 0. The first kappa shape index (κ1) is 12.7. The van der Waals surface area contributed by atoms with Gasteiger partial charge in [0.15, 0.2) is 5.03 Å². The first-order valence-electron chi connectivity index (χ1n) is 5.81. The van der Waals surface area contributed by atoms with Gasteiger partial charge < -0.3 is 4.57 Å².